The van der Waals surface area contributed by atoms with Gasteiger partial charge in [0.05, 0.1) is 13.4 Å². The zero-order chi connectivity index (χ0) is 8.27. The van der Waals surface area contributed by atoms with Crippen LogP contribution in [0.2, 0.25) is 0 Å². The van der Waals surface area contributed by atoms with Crippen molar-refractivity contribution in [1.82, 2.24) is 0 Å². The lowest BCUT2D eigenvalue weighted by atomic mass is 10.3. The first kappa shape index (κ1) is 7.82. The van der Waals surface area contributed by atoms with Gasteiger partial charge in [-0.2, -0.15) is 0 Å². The lowest BCUT2D eigenvalue weighted by molar-refractivity contribution is -0.384. The van der Waals surface area contributed by atoms with Crippen LogP contribution in [0.25, 0.3) is 0 Å². The second-order valence-corrected chi connectivity index (χ2v) is 2.69. The Morgan fingerprint density at radius 2 is 1.82 bits per heavy atom. The van der Waals surface area contributed by atoms with E-state index in [1.54, 1.807) is 0 Å². The van der Waals surface area contributed by atoms with E-state index >= 15 is 0 Å². The highest BCUT2D eigenvalue weighted by Crippen LogP contribution is 2.08. The summed E-state index contributed by atoms with van der Waals surface area (Å²) in [5.41, 5.74) is 0.0204. The molecule has 57 valence electrons. The van der Waals surface area contributed by atoms with Crippen LogP contribution in [0.3, 0.4) is 0 Å². The summed E-state index contributed by atoms with van der Waals surface area (Å²) in [4.78, 5) is 9.64. The lowest BCUT2D eigenvalue weighted by Gasteiger charge is -1.89. The molecule has 0 saturated carbocycles. The predicted molar refractivity (Wildman–Crippen MR) is 41.7 cm³/mol. The van der Waals surface area contributed by atoms with E-state index in [0.717, 1.165) is 0 Å². The highest BCUT2D eigenvalue weighted by molar-refractivity contribution is 7.34. The molecule has 1 rings (SSSR count). The van der Waals surface area contributed by atoms with Gasteiger partial charge in [-0.3, -0.25) is 14.7 Å². The molecular formula is C6H5NO3P. The minimum Gasteiger partial charge on any atom is -0.285 e. The Balaban J connectivity index is 3.00. The zero-order valence-electron chi connectivity index (χ0n) is 5.48. The molecule has 0 aliphatic heterocycles. The van der Waals surface area contributed by atoms with Crippen molar-refractivity contribution in [3.05, 3.63) is 34.4 Å². The second-order valence-electron chi connectivity index (χ2n) is 1.91. The Bertz CT molecular complexity index is 282. The van der Waals surface area contributed by atoms with Gasteiger partial charge in [0.25, 0.3) is 5.69 Å². The Labute approximate surface area is 64.2 Å². The number of hydrogen-bond acceptors (Lipinski definition) is 3. The van der Waals surface area contributed by atoms with Gasteiger partial charge in [0.2, 0.25) is 0 Å². The Kier molecular flexibility index (Phi) is 2.28. The molecule has 11 heavy (non-hydrogen) atoms. The third-order valence-corrected chi connectivity index (χ3v) is 1.77. The van der Waals surface area contributed by atoms with Gasteiger partial charge < -0.3 is 0 Å². The largest absolute Gasteiger partial charge is 0.285 e. The van der Waals surface area contributed by atoms with Gasteiger partial charge in [0.1, 0.15) is 0 Å². The third kappa shape index (κ3) is 1.82. The van der Waals surface area contributed by atoms with E-state index in [-0.39, 0.29) is 5.69 Å². The van der Waals surface area contributed by atoms with Crippen molar-refractivity contribution in [3.63, 3.8) is 0 Å². The molecule has 0 aliphatic carbocycles. The molecule has 4 nitrogen and oxygen atoms in total. The van der Waals surface area contributed by atoms with Gasteiger partial charge in [0, 0.05) is 17.4 Å². The minimum atomic E-state index is -0.553. The van der Waals surface area contributed by atoms with Crippen LogP contribution in [-0.2, 0) is 4.57 Å². The fourth-order valence-corrected chi connectivity index (χ4v) is 0.954. The van der Waals surface area contributed by atoms with Gasteiger partial charge in [-0.05, 0) is 12.1 Å². The molecule has 0 spiro atoms. The van der Waals surface area contributed by atoms with Crippen molar-refractivity contribution in [3.8, 4) is 0 Å². The molecule has 0 heterocycles. The van der Waals surface area contributed by atoms with Crippen LogP contribution in [0, 0.1) is 10.1 Å². The maximum atomic E-state index is 10.3. The van der Waals surface area contributed by atoms with Gasteiger partial charge in [-0.25, -0.2) is 0 Å². The SMILES string of the molecule is O=[PH]c1ccc([N+](=O)[O-])cc1. The van der Waals surface area contributed by atoms with Crippen LogP contribution in [0.5, 0.6) is 0 Å². The van der Waals surface area contributed by atoms with Crippen molar-refractivity contribution < 1.29 is 9.49 Å². The molecule has 0 saturated heterocycles. The number of nitrogens with zero attached hydrogens (tertiary/aromatic N) is 1. The normalized spacial score (nSPS) is 9.82. The van der Waals surface area contributed by atoms with Crippen molar-refractivity contribution >= 4 is 19.5 Å². The molecule has 0 aromatic heterocycles. The molecule has 0 fully saturated rings. The van der Waals surface area contributed by atoms with Crippen molar-refractivity contribution in [2.75, 3.05) is 0 Å². The van der Waals surface area contributed by atoms with Crippen LogP contribution in [0.15, 0.2) is 24.3 Å². The summed E-state index contributed by atoms with van der Waals surface area (Å²) >= 11 is 0. The number of benzene rings is 1. The molecule has 1 unspecified atom stereocenters. The van der Waals surface area contributed by atoms with Crippen LogP contribution in [-0.4, -0.2) is 4.92 Å². The first-order valence-electron chi connectivity index (χ1n) is 2.86. The van der Waals surface area contributed by atoms with E-state index < -0.39 is 13.4 Å². The summed E-state index contributed by atoms with van der Waals surface area (Å²) in [7, 11) is -0.553. The average molecular weight is 170 g/mol. The summed E-state index contributed by atoms with van der Waals surface area (Å²) in [6.07, 6.45) is 0. The van der Waals surface area contributed by atoms with E-state index in [4.69, 9.17) is 0 Å². The van der Waals surface area contributed by atoms with E-state index in [1.165, 1.54) is 24.3 Å². The zero-order valence-corrected chi connectivity index (χ0v) is 6.48. The summed E-state index contributed by atoms with van der Waals surface area (Å²) in [5.74, 6) is 0. The van der Waals surface area contributed by atoms with Crippen molar-refractivity contribution in [2.24, 2.45) is 0 Å². The molecule has 1 atom stereocenters. The van der Waals surface area contributed by atoms with Crippen molar-refractivity contribution in [1.29, 1.82) is 0 Å². The fourth-order valence-electron chi connectivity index (χ4n) is 0.651. The Morgan fingerprint density at radius 3 is 2.18 bits per heavy atom. The number of nitro groups is 1. The lowest BCUT2D eigenvalue weighted by Crippen LogP contribution is -1.92. The van der Waals surface area contributed by atoms with Crippen LogP contribution < -0.4 is 5.30 Å². The molecular weight excluding hydrogens is 165 g/mol. The van der Waals surface area contributed by atoms with E-state index in [2.05, 4.69) is 0 Å². The van der Waals surface area contributed by atoms with E-state index in [1.807, 2.05) is 0 Å². The van der Waals surface area contributed by atoms with Gasteiger partial charge in [-0.1, -0.05) is 0 Å². The van der Waals surface area contributed by atoms with E-state index in [0.29, 0.717) is 5.30 Å². The monoisotopic (exact) mass is 170 g/mol. The van der Waals surface area contributed by atoms with Gasteiger partial charge >= 0.3 is 0 Å². The minimum absolute atomic E-state index is 0.0204. The first-order chi connectivity index (χ1) is 5.24. The molecule has 0 amide bonds. The molecule has 1 aromatic carbocycles. The standard InChI is InChI=1S/C6H5NO3P/c8-7(9)5-1-3-6(11-10)4-2-5/h1-4,11H. The number of nitro benzene ring substituents is 1. The van der Waals surface area contributed by atoms with Crippen LogP contribution in [0.1, 0.15) is 0 Å². The smallest absolute Gasteiger partial charge is 0.269 e. The third-order valence-electron chi connectivity index (χ3n) is 1.20. The first-order valence-corrected chi connectivity index (χ1v) is 3.77. The van der Waals surface area contributed by atoms with E-state index in [9.17, 15) is 14.7 Å². The molecule has 5 heteroatoms. The van der Waals surface area contributed by atoms with Crippen LogP contribution >= 0.6 is 8.46 Å². The number of non-ortho nitro benzene ring substituents is 1. The molecule has 0 bridgehead atoms. The number of hydrogen-bond donors (Lipinski definition) is 0. The van der Waals surface area contributed by atoms with Gasteiger partial charge in [-0.15, -0.1) is 0 Å². The van der Waals surface area contributed by atoms with Crippen molar-refractivity contribution in [2.45, 2.75) is 0 Å². The highest BCUT2D eigenvalue weighted by Gasteiger charge is 2.02. The molecule has 0 aliphatic rings. The number of rotatable bonds is 2. The summed E-state index contributed by atoms with van der Waals surface area (Å²) < 4.78 is 10.3. The Hall–Kier alpha value is -1.28. The fraction of sp³-hybridized carbons (Fsp3) is 0. The van der Waals surface area contributed by atoms with Crippen LogP contribution in [0.4, 0.5) is 5.69 Å². The maximum absolute atomic E-state index is 10.3. The predicted octanol–water partition coefficient (Wildman–Crippen LogP) is 1.24. The Morgan fingerprint density at radius 1 is 1.27 bits per heavy atom. The maximum Gasteiger partial charge on any atom is 0.269 e. The summed E-state index contributed by atoms with van der Waals surface area (Å²) in [6, 6.07) is 5.62. The average Bonchev–Trinajstić information content (AvgIpc) is 2.05. The summed E-state index contributed by atoms with van der Waals surface area (Å²) in [6.45, 7) is 0. The second kappa shape index (κ2) is 3.21. The summed E-state index contributed by atoms with van der Waals surface area (Å²) in [5, 5.41) is 10.7. The molecule has 0 N–H and O–H groups in total. The van der Waals surface area contributed by atoms with Gasteiger partial charge in [0.15, 0.2) is 0 Å². The topological polar surface area (TPSA) is 60.2 Å². The quantitative estimate of drug-likeness (QED) is 0.381. The highest BCUT2D eigenvalue weighted by atomic mass is 31.1. The molecule has 1 aromatic rings. The molecule has 1 radical (unpaired) electrons.